The maximum Gasteiger partial charge on any atom is 0.310 e. The molecule has 110 valence electrons. The summed E-state index contributed by atoms with van der Waals surface area (Å²) in [4.78, 5) is 18.6. The highest BCUT2D eigenvalue weighted by molar-refractivity contribution is 5.93. The van der Waals surface area contributed by atoms with E-state index in [0.29, 0.717) is 0 Å². The predicted octanol–water partition coefficient (Wildman–Crippen LogP) is 2.93. The van der Waals surface area contributed by atoms with E-state index in [1.165, 1.54) is 12.7 Å². The van der Waals surface area contributed by atoms with Crippen molar-refractivity contribution in [3.05, 3.63) is 36.0 Å². The molecule has 0 bridgehead atoms. The smallest absolute Gasteiger partial charge is 0.310 e. The third-order valence-corrected chi connectivity index (χ3v) is 4.25. The van der Waals surface area contributed by atoms with Gasteiger partial charge in [-0.05, 0) is 31.4 Å². The lowest BCUT2D eigenvalue weighted by Crippen LogP contribution is -2.39. The quantitative estimate of drug-likeness (QED) is 0.795. The zero-order valence-corrected chi connectivity index (χ0v) is 12.5. The van der Waals surface area contributed by atoms with Crippen molar-refractivity contribution in [2.24, 2.45) is 5.92 Å². The number of methoxy groups -OCH3 is 1. The monoisotopic (exact) mass is 284 g/mol. The number of carbonyl (C=O) groups is 1. The summed E-state index contributed by atoms with van der Waals surface area (Å²) in [7, 11) is 1.46. The van der Waals surface area contributed by atoms with Gasteiger partial charge >= 0.3 is 5.97 Å². The predicted molar refractivity (Wildman–Crippen MR) is 83.4 cm³/mol. The van der Waals surface area contributed by atoms with Gasteiger partial charge in [-0.25, -0.2) is 0 Å². The molecular formula is C17H20N2O2. The van der Waals surface area contributed by atoms with Crippen LogP contribution < -0.4 is 4.90 Å². The van der Waals surface area contributed by atoms with Crippen molar-refractivity contribution < 1.29 is 9.53 Å². The fourth-order valence-corrected chi connectivity index (χ4v) is 3.14. The van der Waals surface area contributed by atoms with Gasteiger partial charge in [0.2, 0.25) is 0 Å². The molecule has 1 aromatic heterocycles. The zero-order valence-electron chi connectivity index (χ0n) is 12.5. The Hall–Kier alpha value is -2.10. The third-order valence-electron chi connectivity index (χ3n) is 4.25. The Morgan fingerprint density at radius 2 is 2.24 bits per heavy atom. The second-order valence-corrected chi connectivity index (χ2v) is 5.61. The average Bonchev–Trinajstić information content (AvgIpc) is 2.54. The third kappa shape index (κ3) is 2.58. The molecule has 0 saturated carbocycles. The highest BCUT2D eigenvalue weighted by Crippen LogP contribution is 2.30. The summed E-state index contributed by atoms with van der Waals surface area (Å²) in [6, 6.07) is 8.28. The summed E-state index contributed by atoms with van der Waals surface area (Å²) in [6.07, 6.45) is 3.77. The average molecular weight is 284 g/mol. The molecule has 21 heavy (non-hydrogen) atoms. The zero-order chi connectivity index (χ0) is 14.8. The van der Waals surface area contributed by atoms with E-state index in [2.05, 4.69) is 35.0 Å². The standard InChI is InChI=1S/C17H20N2O2/c1-12-5-3-7-14-15(8-9-18-16(12)14)19-10-4-6-13(11-19)17(20)21-2/h3,5,7-9,13H,4,6,10-11H2,1-2H3/t13-/m1/s1. The maximum absolute atomic E-state index is 11.8. The molecular weight excluding hydrogens is 264 g/mol. The largest absolute Gasteiger partial charge is 0.469 e. The van der Waals surface area contributed by atoms with E-state index in [-0.39, 0.29) is 11.9 Å². The highest BCUT2D eigenvalue weighted by atomic mass is 16.5. The number of ether oxygens (including phenoxy) is 1. The number of aromatic nitrogens is 1. The molecule has 1 fully saturated rings. The number of piperidine rings is 1. The Morgan fingerprint density at radius 3 is 3.05 bits per heavy atom. The van der Waals surface area contributed by atoms with E-state index in [0.717, 1.165) is 42.5 Å². The number of rotatable bonds is 2. The van der Waals surface area contributed by atoms with Gasteiger partial charge in [-0.3, -0.25) is 9.78 Å². The molecule has 1 aliphatic rings. The number of anilines is 1. The number of fused-ring (bicyclic) bond motifs is 1. The van der Waals surface area contributed by atoms with E-state index in [9.17, 15) is 4.79 Å². The van der Waals surface area contributed by atoms with Crippen LogP contribution in [0.4, 0.5) is 5.69 Å². The number of para-hydroxylation sites is 1. The minimum Gasteiger partial charge on any atom is -0.469 e. The van der Waals surface area contributed by atoms with Gasteiger partial charge in [-0.2, -0.15) is 0 Å². The lowest BCUT2D eigenvalue weighted by Gasteiger charge is -2.33. The van der Waals surface area contributed by atoms with Crippen molar-refractivity contribution in [2.45, 2.75) is 19.8 Å². The summed E-state index contributed by atoms with van der Waals surface area (Å²) < 4.78 is 4.90. The SMILES string of the molecule is COC(=O)[C@@H]1CCCN(c2ccnc3c(C)cccc23)C1. The van der Waals surface area contributed by atoms with Crippen LogP contribution in [0.15, 0.2) is 30.5 Å². The topological polar surface area (TPSA) is 42.4 Å². The van der Waals surface area contributed by atoms with Crippen LogP contribution in [-0.2, 0) is 9.53 Å². The van der Waals surface area contributed by atoms with Crippen LogP contribution in [0.5, 0.6) is 0 Å². The Kier molecular flexibility index (Phi) is 3.78. The first-order valence-electron chi connectivity index (χ1n) is 7.38. The molecule has 0 aliphatic carbocycles. The maximum atomic E-state index is 11.8. The van der Waals surface area contributed by atoms with Crippen LogP contribution in [0.3, 0.4) is 0 Å². The Labute approximate surface area is 124 Å². The van der Waals surface area contributed by atoms with Gasteiger partial charge in [0.05, 0.1) is 18.5 Å². The molecule has 1 aromatic carbocycles. The number of benzene rings is 1. The lowest BCUT2D eigenvalue weighted by molar-refractivity contribution is -0.145. The minimum atomic E-state index is -0.103. The Balaban J connectivity index is 1.97. The van der Waals surface area contributed by atoms with Crippen molar-refractivity contribution in [2.75, 3.05) is 25.1 Å². The van der Waals surface area contributed by atoms with Crippen molar-refractivity contribution in [3.63, 3.8) is 0 Å². The molecule has 4 nitrogen and oxygen atoms in total. The second-order valence-electron chi connectivity index (χ2n) is 5.61. The van der Waals surface area contributed by atoms with Crippen molar-refractivity contribution in [3.8, 4) is 0 Å². The molecule has 2 aromatic rings. The lowest BCUT2D eigenvalue weighted by atomic mass is 9.97. The van der Waals surface area contributed by atoms with Crippen molar-refractivity contribution >= 4 is 22.6 Å². The van der Waals surface area contributed by atoms with Gasteiger partial charge in [-0.15, -0.1) is 0 Å². The molecule has 0 unspecified atom stereocenters. The number of esters is 1. The van der Waals surface area contributed by atoms with Crippen molar-refractivity contribution in [1.82, 2.24) is 4.98 Å². The minimum absolute atomic E-state index is 0.0308. The number of hydrogen-bond donors (Lipinski definition) is 0. The highest BCUT2D eigenvalue weighted by Gasteiger charge is 2.27. The Morgan fingerprint density at radius 1 is 1.38 bits per heavy atom. The normalized spacial score (nSPS) is 18.8. The van der Waals surface area contributed by atoms with Crippen LogP contribution >= 0.6 is 0 Å². The summed E-state index contributed by atoms with van der Waals surface area (Å²) in [5.74, 6) is -0.133. The molecule has 0 radical (unpaired) electrons. The molecule has 1 aliphatic heterocycles. The van der Waals surface area contributed by atoms with Crippen LogP contribution in [0, 0.1) is 12.8 Å². The summed E-state index contributed by atoms with van der Waals surface area (Å²) in [5.41, 5.74) is 3.38. The van der Waals surface area contributed by atoms with Gasteiger partial charge in [0.15, 0.2) is 0 Å². The molecule has 0 amide bonds. The molecule has 2 heterocycles. The number of aryl methyl sites for hydroxylation is 1. The van der Waals surface area contributed by atoms with Crippen LogP contribution in [0.1, 0.15) is 18.4 Å². The van der Waals surface area contributed by atoms with E-state index >= 15 is 0 Å². The summed E-state index contributed by atoms with van der Waals surface area (Å²) >= 11 is 0. The van der Waals surface area contributed by atoms with E-state index in [1.807, 2.05) is 12.3 Å². The first kappa shape index (κ1) is 13.9. The number of carbonyl (C=O) groups excluding carboxylic acids is 1. The fourth-order valence-electron chi connectivity index (χ4n) is 3.14. The molecule has 0 N–H and O–H groups in total. The van der Waals surface area contributed by atoms with Gasteiger partial charge in [0, 0.05) is 30.4 Å². The first-order valence-corrected chi connectivity index (χ1v) is 7.38. The van der Waals surface area contributed by atoms with Crippen LogP contribution in [0.25, 0.3) is 10.9 Å². The molecule has 1 atom stereocenters. The summed E-state index contributed by atoms with van der Waals surface area (Å²) in [6.45, 7) is 3.77. The molecule has 4 heteroatoms. The van der Waals surface area contributed by atoms with Gasteiger partial charge in [-0.1, -0.05) is 18.2 Å². The van der Waals surface area contributed by atoms with E-state index < -0.39 is 0 Å². The Bertz CT molecular complexity index is 669. The first-order chi connectivity index (χ1) is 10.2. The molecule has 0 spiro atoms. The number of pyridine rings is 1. The van der Waals surface area contributed by atoms with Crippen LogP contribution in [-0.4, -0.2) is 31.2 Å². The van der Waals surface area contributed by atoms with Gasteiger partial charge in [0.25, 0.3) is 0 Å². The number of nitrogens with zero attached hydrogens (tertiary/aromatic N) is 2. The molecule has 1 saturated heterocycles. The van der Waals surface area contributed by atoms with Gasteiger partial charge < -0.3 is 9.64 Å². The van der Waals surface area contributed by atoms with Gasteiger partial charge in [0.1, 0.15) is 0 Å². The van der Waals surface area contributed by atoms with E-state index in [1.54, 1.807) is 0 Å². The number of hydrogen-bond acceptors (Lipinski definition) is 4. The van der Waals surface area contributed by atoms with Crippen molar-refractivity contribution in [1.29, 1.82) is 0 Å². The molecule has 3 rings (SSSR count). The fraction of sp³-hybridized carbons (Fsp3) is 0.412. The van der Waals surface area contributed by atoms with Crippen LogP contribution in [0.2, 0.25) is 0 Å². The second kappa shape index (κ2) is 5.72. The summed E-state index contributed by atoms with van der Waals surface area (Å²) in [5, 5.41) is 1.16. The van der Waals surface area contributed by atoms with E-state index in [4.69, 9.17) is 4.74 Å².